The molecule has 0 aliphatic heterocycles. The number of aromatic nitrogens is 2. The first-order valence-corrected chi connectivity index (χ1v) is 6.22. The highest BCUT2D eigenvalue weighted by atomic mass is 16.1. The summed E-state index contributed by atoms with van der Waals surface area (Å²) in [6, 6.07) is 1.94. The zero-order chi connectivity index (χ0) is 12.1. The molecule has 0 aliphatic rings. The van der Waals surface area contributed by atoms with Crippen molar-refractivity contribution < 1.29 is 4.79 Å². The van der Waals surface area contributed by atoms with Crippen molar-refractivity contribution in [3.05, 3.63) is 17.5 Å². The van der Waals surface area contributed by atoms with Crippen LogP contribution in [0.2, 0.25) is 0 Å². The average Bonchev–Trinajstić information content (AvgIpc) is 2.71. The molecule has 1 atom stereocenters. The Labute approximate surface area is 97.8 Å². The minimum absolute atomic E-state index is 0.225. The molecule has 0 N–H and O–H groups in total. The van der Waals surface area contributed by atoms with E-state index in [1.165, 1.54) is 0 Å². The second kappa shape index (κ2) is 5.83. The molecule has 0 spiro atoms. The summed E-state index contributed by atoms with van der Waals surface area (Å²) < 4.78 is 1.82. The quantitative estimate of drug-likeness (QED) is 0.693. The Hall–Kier alpha value is -1.12. The molecule has 0 radical (unpaired) electrons. The van der Waals surface area contributed by atoms with Gasteiger partial charge in [0, 0.05) is 13.0 Å². The predicted octanol–water partition coefficient (Wildman–Crippen LogP) is 3.08. The van der Waals surface area contributed by atoms with E-state index in [-0.39, 0.29) is 5.78 Å². The number of rotatable bonds is 6. The van der Waals surface area contributed by atoms with Crippen LogP contribution in [0, 0.1) is 5.92 Å². The van der Waals surface area contributed by atoms with Crippen LogP contribution < -0.4 is 0 Å². The molecule has 1 aromatic heterocycles. The van der Waals surface area contributed by atoms with Crippen LogP contribution in [-0.4, -0.2) is 15.6 Å². The first-order valence-electron chi connectivity index (χ1n) is 6.22. The molecule has 3 nitrogen and oxygen atoms in total. The third-order valence-electron chi connectivity index (χ3n) is 3.01. The molecule has 1 aromatic rings. The van der Waals surface area contributed by atoms with Gasteiger partial charge >= 0.3 is 0 Å². The van der Waals surface area contributed by atoms with Crippen molar-refractivity contribution in [3.63, 3.8) is 0 Å². The predicted molar refractivity (Wildman–Crippen MR) is 65.7 cm³/mol. The molecule has 16 heavy (non-hydrogen) atoms. The van der Waals surface area contributed by atoms with Gasteiger partial charge in [0.15, 0.2) is 5.78 Å². The fourth-order valence-electron chi connectivity index (χ4n) is 1.67. The van der Waals surface area contributed by atoms with E-state index in [9.17, 15) is 4.79 Å². The number of aryl methyl sites for hydroxylation is 2. The van der Waals surface area contributed by atoms with Crippen LogP contribution >= 0.6 is 0 Å². The van der Waals surface area contributed by atoms with Crippen molar-refractivity contribution in [2.75, 3.05) is 0 Å². The molecule has 0 saturated heterocycles. The largest absolute Gasteiger partial charge is 0.292 e. The molecule has 0 aliphatic carbocycles. The van der Waals surface area contributed by atoms with Crippen LogP contribution in [0.25, 0.3) is 0 Å². The zero-order valence-electron chi connectivity index (χ0n) is 10.8. The molecule has 0 saturated carbocycles. The summed E-state index contributed by atoms with van der Waals surface area (Å²) in [5.41, 5.74) is 1.79. The van der Waals surface area contributed by atoms with E-state index >= 15 is 0 Å². The number of carbonyl (C=O) groups excluding carboxylic acids is 1. The summed E-state index contributed by atoms with van der Waals surface area (Å²) in [5, 5.41) is 4.40. The second-order valence-electron chi connectivity index (χ2n) is 4.33. The van der Waals surface area contributed by atoms with Gasteiger partial charge in [-0.15, -0.1) is 0 Å². The Morgan fingerprint density at radius 1 is 1.44 bits per heavy atom. The lowest BCUT2D eigenvalue weighted by Crippen LogP contribution is -2.12. The van der Waals surface area contributed by atoms with Gasteiger partial charge < -0.3 is 0 Å². The fraction of sp³-hybridized carbons (Fsp3) is 0.692. The lowest BCUT2D eigenvalue weighted by Gasteiger charge is -2.07. The number of carbonyl (C=O) groups is 1. The Morgan fingerprint density at radius 2 is 2.12 bits per heavy atom. The molecular formula is C13H22N2O. The van der Waals surface area contributed by atoms with Gasteiger partial charge in [-0.05, 0) is 25.3 Å². The molecular weight excluding hydrogens is 200 g/mol. The third kappa shape index (κ3) is 2.94. The molecule has 0 bridgehead atoms. The average molecular weight is 222 g/mol. The van der Waals surface area contributed by atoms with Gasteiger partial charge in [0.05, 0.1) is 5.69 Å². The van der Waals surface area contributed by atoms with Crippen molar-refractivity contribution in [2.45, 2.75) is 53.5 Å². The van der Waals surface area contributed by atoms with Crippen molar-refractivity contribution in [2.24, 2.45) is 5.92 Å². The standard InChI is InChI=1S/C13H22N2O/c1-5-10(4)8-13(16)12-9-11(6-2)14-15(12)7-3/h9-10H,5-8H2,1-4H3. The summed E-state index contributed by atoms with van der Waals surface area (Å²) in [6.45, 7) is 9.08. The SMILES string of the molecule is CCc1cc(C(=O)CC(C)CC)n(CC)n1. The summed E-state index contributed by atoms with van der Waals surface area (Å²) in [7, 11) is 0. The van der Waals surface area contributed by atoms with Gasteiger partial charge in [-0.25, -0.2) is 0 Å². The second-order valence-corrected chi connectivity index (χ2v) is 4.33. The van der Waals surface area contributed by atoms with Crippen molar-refractivity contribution in [1.82, 2.24) is 9.78 Å². The normalized spacial score (nSPS) is 12.8. The van der Waals surface area contributed by atoms with E-state index in [0.29, 0.717) is 12.3 Å². The summed E-state index contributed by atoms with van der Waals surface area (Å²) in [6.07, 6.45) is 2.56. The highest BCUT2D eigenvalue weighted by Crippen LogP contribution is 2.14. The third-order valence-corrected chi connectivity index (χ3v) is 3.01. The highest BCUT2D eigenvalue weighted by molar-refractivity contribution is 5.94. The lowest BCUT2D eigenvalue weighted by atomic mass is 10.0. The van der Waals surface area contributed by atoms with Gasteiger partial charge in [-0.2, -0.15) is 5.10 Å². The van der Waals surface area contributed by atoms with Crippen LogP contribution in [0.3, 0.4) is 0 Å². The van der Waals surface area contributed by atoms with Gasteiger partial charge in [-0.1, -0.05) is 27.2 Å². The smallest absolute Gasteiger partial charge is 0.181 e. The summed E-state index contributed by atoms with van der Waals surface area (Å²) in [4.78, 5) is 12.1. The summed E-state index contributed by atoms with van der Waals surface area (Å²) >= 11 is 0. The van der Waals surface area contributed by atoms with E-state index in [4.69, 9.17) is 0 Å². The van der Waals surface area contributed by atoms with Gasteiger partial charge in [0.1, 0.15) is 5.69 Å². The van der Waals surface area contributed by atoms with E-state index < -0.39 is 0 Å². The molecule has 0 aromatic carbocycles. The molecule has 0 fully saturated rings. The molecule has 1 rings (SSSR count). The minimum Gasteiger partial charge on any atom is -0.292 e. The van der Waals surface area contributed by atoms with Gasteiger partial charge in [0.25, 0.3) is 0 Å². The molecule has 3 heteroatoms. The highest BCUT2D eigenvalue weighted by Gasteiger charge is 2.15. The fourth-order valence-corrected chi connectivity index (χ4v) is 1.67. The lowest BCUT2D eigenvalue weighted by molar-refractivity contribution is 0.0953. The Kier molecular flexibility index (Phi) is 4.71. The van der Waals surface area contributed by atoms with Crippen molar-refractivity contribution in [1.29, 1.82) is 0 Å². The van der Waals surface area contributed by atoms with Crippen molar-refractivity contribution >= 4 is 5.78 Å². The van der Waals surface area contributed by atoms with Crippen LogP contribution in [0.15, 0.2) is 6.07 Å². The van der Waals surface area contributed by atoms with Crippen LogP contribution in [-0.2, 0) is 13.0 Å². The number of Topliss-reactive ketones (excluding diaryl/α,β-unsaturated/α-hetero) is 1. The maximum atomic E-state index is 12.1. The van der Waals surface area contributed by atoms with E-state index in [1.807, 2.05) is 17.7 Å². The minimum atomic E-state index is 0.225. The van der Waals surface area contributed by atoms with Gasteiger partial charge in [0.2, 0.25) is 0 Å². The molecule has 1 heterocycles. The first kappa shape index (κ1) is 12.9. The summed E-state index contributed by atoms with van der Waals surface area (Å²) in [5.74, 6) is 0.682. The number of nitrogens with zero attached hydrogens (tertiary/aromatic N) is 2. The van der Waals surface area contributed by atoms with Crippen LogP contribution in [0.1, 0.15) is 56.7 Å². The maximum absolute atomic E-state index is 12.1. The van der Waals surface area contributed by atoms with Crippen LogP contribution in [0.5, 0.6) is 0 Å². The maximum Gasteiger partial charge on any atom is 0.181 e. The first-order chi connectivity index (χ1) is 7.62. The zero-order valence-corrected chi connectivity index (χ0v) is 10.8. The number of hydrogen-bond donors (Lipinski definition) is 0. The Morgan fingerprint density at radius 3 is 2.62 bits per heavy atom. The topological polar surface area (TPSA) is 34.9 Å². The number of ketones is 1. The van der Waals surface area contributed by atoms with E-state index in [1.54, 1.807) is 0 Å². The molecule has 0 amide bonds. The van der Waals surface area contributed by atoms with E-state index in [0.717, 1.165) is 30.8 Å². The molecule has 90 valence electrons. The number of hydrogen-bond acceptors (Lipinski definition) is 2. The van der Waals surface area contributed by atoms with Crippen molar-refractivity contribution in [3.8, 4) is 0 Å². The van der Waals surface area contributed by atoms with E-state index in [2.05, 4.69) is 25.9 Å². The van der Waals surface area contributed by atoms with Crippen LogP contribution in [0.4, 0.5) is 0 Å². The Bertz CT molecular complexity index is 355. The molecule has 1 unspecified atom stereocenters. The monoisotopic (exact) mass is 222 g/mol. The van der Waals surface area contributed by atoms with Gasteiger partial charge in [-0.3, -0.25) is 9.48 Å². The Balaban J connectivity index is 2.85.